The molecule has 2 saturated heterocycles. The van der Waals surface area contributed by atoms with Crippen molar-refractivity contribution >= 4 is 12.4 Å². The van der Waals surface area contributed by atoms with Gasteiger partial charge in [-0.2, -0.15) is 0 Å². The van der Waals surface area contributed by atoms with E-state index in [1.165, 1.54) is 64.7 Å². The van der Waals surface area contributed by atoms with Gasteiger partial charge in [-0.15, -0.1) is 12.4 Å². The van der Waals surface area contributed by atoms with Gasteiger partial charge in [0.25, 0.3) is 0 Å². The average Bonchev–Trinajstić information content (AvgIpc) is 2.75. The number of likely N-dealkylation sites (tertiary alicyclic amines) is 2. The maximum absolute atomic E-state index is 11.2. The number of benzene rings is 1. The zero-order chi connectivity index (χ0) is 20.2. The molecule has 0 radical (unpaired) electrons. The first kappa shape index (κ1) is 26.2. The molecule has 2 fully saturated rings. The minimum Gasteiger partial charge on any atom is -0.497 e. The predicted octanol–water partition coefficient (Wildman–Crippen LogP) is 3.74. The molecule has 1 atom stereocenters. The second kappa shape index (κ2) is 15.0. The molecule has 1 aromatic carbocycles. The predicted molar refractivity (Wildman–Crippen MR) is 122 cm³/mol. The number of methoxy groups -OCH3 is 1. The molecule has 2 heterocycles. The van der Waals surface area contributed by atoms with Crippen LogP contribution in [-0.2, 0) is 0 Å². The molecule has 2 aliphatic heterocycles. The summed E-state index contributed by atoms with van der Waals surface area (Å²) in [6.07, 6.45) is 7.46. The lowest BCUT2D eigenvalue weighted by Crippen LogP contribution is -2.42. The Morgan fingerprint density at radius 3 is 1.86 bits per heavy atom. The van der Waals surface area contributed by atoms with E-state index >= 15 is 0 Å². The van der Waals surface area contributed by atoms with E-state index in [-0.39, 0.29) is 24.9 Å². The fourth-order valence-electron chi connectivity index (χ4n) is 4.30. The number of hydrogen-bond acceptors (Lipinski definition) is 5. The Balaban J connectivity index is 0.000000990. The largest absolute Gasteiger partial charge is 0.497 e. The molecular weight excluding hydrogens is 388 g/mol. The van der Waals surface area contributed by atoms with Crippen LogP contribution in [0.15, 0.2) is 24.3 Å². The van der Waals surface area contributed by atoms with Gasteiger partial charge in [-0.25, -0.2) is 0 Å². The van der Waals surface area contributed by atoms with Crippen molar-refractivity contribution in [3.63, 3.8) is 0 Å². The van der Waals surface area contributed by atoms with E-state index in [1.54, 1.807) is 14.0 Å². The fourth-order valence-corrected chi connectivity index (χ4v) is 4.30. The highest BCUT2D eigenvalue weighted by Crippen LogP contribution is 2.28. The smallest absolute Gasteiger partial charge is 0.119 e. The zero-order valence-corrected chi connectivity index (χ0v) is 19.1. The minimum absolute atomic E-state index is 0. The summed E-state index contributed by atoms with van der Waals surface area (Å²) < 4.78 is 5.35. The third-order valence-corrected chi connectivity index (χ3v) is 5.76. The Bertz CT molecular complexity index is 515. The summed E-state index contributed by atoms with van der Waals surface area (Å²) in [5.74, 6) is 1.08. The van der Waals surface area contributed by atoms with Crippen LogP contribution in [0, 0.1) is 5.92 Å². The Labute approximate surface area is 183 Å². The van der Waals surface area contributed by atoms with Crippen LogP contribution in [-0.4, -0.2) is 73.0 Å². The Morgan fingerprint density at radius 1 is 0.931 bits per heavy atom. The van der Waals surface area contributed by atoms with Crippen molar-refractivity contribution in [1.29, 1.82) is 0 Å². The molecule has 29 heavy (non-hydrogen) atoms. The lowest BCUT2D eigenvalue weighted by Gasteiger charge is -2.36. The third-order valence-electron chi connectivity index (χ3n) is 5.76. The van der Waals surface area contributed by atoms with Gasteiger partial charge >= 0.3 is 0 Å². The van der Waals surface area contributed by atoms with Crippen molar-refractivity contribution in [2.45, 2.75) is 51.6 Å². The van der Waals surface area contributed by atoms with Gasteiger partial charge in [0.1, 0.15) is 5.75 Å². The van der Waals surface area contributed by atoms with Crippen LogP contribution in [0.5, 0.6) is 5.75 Å². The highest BCUT2D eigenvalue weighted by molar-refractivity contribution is 5.85. The van der Waals surface area contributed by atoms with E-state index in [9.17, 15) is 5.11 Å². The molecule has 0 bridgehead atoms. The van der Waals surface area contributed by atoms with Crippen LogP contribution < -0.4 is 4.74 Å². The maximum Gasteiger partial charge on any atom is 0.119 e. The number of nitrogens with zero attached hydrogens (tertiary/aromatic N) is 2. The Kier molecular flexibility index (Phi) is 13.6. The molecule has 0 amide bonds. The number of halogens is 1. The molecule has 0 aliphatic carbocycles. The molecule has 1 unspecified atom stereocenters. The lowest BCUT2D eigenvalue weighted by atomic mass is 9.93. The summed E-state index contributed by atoms with van der Waals surface area (Å²) in [5.41, 5.74) is 0.985. The third kappa shape index (κ3) is 9.22. The quantitative estimate of drug-likeness (QED) is 0.692. The van der Waals surface area contributed by atoms with Crippen molar-refractivity contribution in [3.8, 4) is 5.75 Å². The van der Waals surface area contributed by atoms with Gasteiger partial charge in [0.2, 0.25) is 0 Å². The molecule has 3 rings (SSSR count). The van der Waals surface area contributed by atoms with Gasteiger partial charge in [-0.3, -0.25) is 0 Å². The molecule has 0 spiro atoms. The van der Waals surface area contributed by atoms with Gasteiger partial charge in [-0.1, -0.05) is 25.0 Å². The van der Waals surface area contributed by atoms with E-state index in [0.29, 0.717) is 0 Å². The number of hydrogen-bond donors (Lipinski definition) is 2. The molecule has 5 nitrogen and oxygen atoms in total. The monoisotopic (exact) mass is 428 g/mol. The average molecular weight is 429 g/mol. The van der Waals surface area contributed by atoms with Crippen molar-refractivity contribution < 1.29 is 14.9 Å². The number of rotatable bonds is 7. The van der Waals surface area contributed by atoms with Crippen molar-refractivity contribution in [1.82, 2.24) is 9.80 Å². The normalized spacial score (nSPS) is 19.1. The zero-order valence-electron chi connectivity index (χ0n) is 18.3. The highest BCUT2D eigenvalue weighted by atomic mass is 35.5. The van der Waals surface area contributed by atoms with Crippen LogP contribution in [0.25, 0.3) is 0 Å². The van der Waals surface area contributed by atoms with Crippen molar-refractivity contribution in [2.24, 2.45) is 5.92 Å². The van der Waals surface area contributed by atoms with Crippen LogP contribution >= 0.6 is 12.4 Å². The van der Waals surface area contributed by atoms with Crippen LogP contribution in [0.1, 0.15) is 57.1 Å². The molecule has 2 aliphatic rings. The second-order valence-corrected chi connectivity index (χ2v) is 8.02. The highest BCUT2D eigenvalue weighted by Gasteiger charge is 2.27. The van der Waals surface area contributed by atoms with Gasteiger partial charge in [-0.05, 0) is 76.5 Å². The van der Waals surface area contributed by atoms with E-state index in [4.69, 9.17) is 9.84 Å². The Morgan fingerprint density at radius 2 is 1.41 bits per heavy atom. The van der Waals surface area contributed by atoms with Crippen molar-refractivity contribution in [2.75, 3.05) is 53.0 Å². The van der Waals surface area contributed by atoms with Crippen LogP contribution in [0.3, 0.4) is 0 Å². The summed E-state index contributed by atoms with van der Waals surface area (Å²) in [6, 6.07) is 7.95. The first-order chi connectivity index (χ1) is 13.7. The minimum atomic E-state index is -0.432. The van der Waals surface area contributed by atoms with Gasteiger partial charge in [0, 0.05) is 25.6 Å². The van der Waals surface area contributed by atoms with E-state index in [2.05, 4.69) is 9.80 Å². The summed E-state index contributed by atoms with van der Waals surface area (Å²) in [5, 5.41) is 18.7. The molecule has 6 heteroatoms. The van der Waals surface area contributed by atoms with Crippen LogP contribution in [0.2, 0.25) is 0 Å². The molecular formula is C23H41ClN2O3. The summed E-state index contributed by atoms with van der Waals surface area (Å²) >= 11 is 0. The van der Waals surface area contributed by atoms with Gasteiger partial charge in [0.05, 0.1) is 13.2 Å². The Hall–Kier alpha value is -0.850. The van der Waals surface area contributed by atoms with Gasteiger partial charge in [0.15, 0.2) is 0 Å². The van der Waals surface area contributed by atoms with Crippen LogP contribution in [0.4, 0.5) is 0 Å². The summed E-state index contributed by atoms with van der Waals surface area (Å²) in [6.45, 7) is 8.65. The van der Waals surface area contributed by atoms with Gasteiger partial charge < -0.3 is 24.7 Å². The summed E-state index contributed by atoms with van der Waals surface area (Å²) in [7, 11) is 1.68. The van der Waals surface area contributed by atoms with E-state index in [0.717, 1.165) is 24.4 Å². The number of aliphatic hydroxyl groups excluding tert-OH is 2. The molecule has 1 aromatic rings. The maximum atomic E-state index is 11.2. The number of piperidine rings is 2. The topological polar surface area (TPSA) is 56.2 Å². The molecule has 2 N–H and O–H groups in total. The summed E-state index contributed by atoms with van der Waals surface area (Å²) in [4.78, 5) is 5.11. The molecule has 0 saturated carbocycles. The lowest BCUT2D eigenvalue weighted by molar-refractivity contribution is 0.0443. The van der Waals surface area contributed by atoms with E-state index < -0.39 is 6.10 Å². The fraction of sp³-hybridized carbons (Fsp3) is 0.739. The standard InChI is InChI=1S/C21H34N2O2.C2H6O.ClH/c1-25-20-10-8-9-18(15-20)21(24)19(16-22-11-4-2-5-12-22)17-23-13-6-3-7-14-23;1-2-3;/h8-10,15,19,21,24H,2-7,11-14,16-17H2,1H3;3H,2H2,1H3;1H. The second-order valence-electron chi connectivity index (χ2n) is 8.02. The first-order valence-electron chi connectivity index (χ1n) is 11.1. The first-order valence-corrected chi connectivity index (χ1v) is 11.1. The number of ether oxygens (including phenoxy) is 1. The van der Waals surface area contributed by atoms with Crippen molar-refractivity contribution in [3.05, 3.63) is 29.8 Å². The molecule has 168 valence electrons. The van der Waals surface area contributed by atoms with E-state index in [1.807, 2.05) is 24.3 Å². The molecule has 0 aromatic heterocycles. The SMILES string of the molecule is CCO.COc1cccc(C(O)C(CN2CCCCC2)CN2CCCCC2)c1.Cl. The number of aliphatic hydroxyl groups is 2.